The van der Waals surface area contributed by atoms with Crippen LogP contribution in [0, 0.1) is 13.8 Å². The molecule has 0 atom stereocenters. The van der Waals surface area contributed by atoms with Crippen LogP contribution in [0.3, 0.4) is 0 Å². The van der Waals surface area contributed by atoms with Crippen LogP contribution in [-0.4, -0.2) is 37.0 Å². The van der Waals surface area contributed by atoms with Gasteiger partial charge in [-0.15, -0.1) is 0 Å². The largest absolute Gasteiger partial charge is 0.497 e. The van der Waals surface area contributed by atoms with Crippen LogP contribution in [-0.2, 0) is 9.59 Å². The summed E-state index contributed by atoms with van der Waals surface area (Å²) in [6.45, 7) is 7.58. The molecule has 1 heterocycles. The molecule has 0 saturated carbocycles. The van der Waals surface area contributed by atoms with E-state index in [0.29, 0.717) is 22.8 Å². The van der Waals surface area contributed by atoms with Crippen LogP contribution < -0.4 is 14.8 Å². The molecule has 2 aromatic rings. The highest BCUT2D eigenvalue weighted by molar-refractivity contribution is 6.37. The van der Waals surface area contributed by atoms with Crippen molar-refractivity contribution in [2.24, 2.45) is 0 Å². The van der Waals surface area contributed by atoms with Gasteiger partial charge in [-0.1, -0.05) is 23.8 Å². The number of benzene rings is 2. The van der Waals surface area contributed by atoms with Crippen LogP contribution in [0.15, 0.2) is 42.1 Å². The van der Waals surface area contributed by atoms with E-state index in [4.69, 9.17) is 9.47 Å². The zero-order valence-corrected chi connectivity index (χ0v) is 17.6. The molecule has 1 N–H and O–H groups in total. The van der Waals surface area contributed by atoms with Crippen molar-refractivity contribution in [3.8, 4) is 11.5 Å². The van der Waals surface area contributed by atoms with Crippen molar-refractivity contribution < 1.29 is 19.1 Å². The summed E-state index contributed by atoms with van der Waals surface area (Å²) in [6.07, 6.45) is 0. The number of rotatable bonds is 6. The van der Waals surface area contributed by atoms with Crippen LogP contribution in [0.2, 0.25) is 0 Å². The molecule has 0 aromatic heterocycles. The van der Waals surface area contributed by atoms with E-state index in [1.807, 2.05) is 45.9 Å². The Hall–Kier alpha value is -3.28. The van der Waals surface area contributed by atoms with Crippen molar-refractivity contribution >= 4 is 23.1 Å². The number of ether oxygens (including phenoxy) is 2. The Morgan fingerprint density at radius 1 is 0.931 bits per heavy atom. The molecule has 0 spiro atoms. The maximum absolute atomic E-state index is 13.2. The number of hydrogen-bond donors (Lipinski definition) is 1. The number of hydrogen-bond acceptors (Lipinski definition) is 5. The molecule has 1 aliphatic heterocycles. The number of nitrogens with one attached hydrogen (secondary N) is 1. The lowest BCUT2D eigenvalue weighted by molar-refractivity contribution is -0.138. The van der Waals surface area contributed by atoms with Crippen LogP contribution in [0.25, 0.3) is 5.57 Å². The van der Waals surface area contributed by atoms with Gasteiger partial charge in [-0.3, -0.25) is 14.5 Å². The molecule has 0 fully saturated rings. The first-order valence-corrected chi connectivity index (χ1v) is 9.47. The molecule has 6 heteroatoms. The minimum absolute atomic E-state index is 0.238. The molecule has 29 heavy (non-hydrogen) atoms. The summed E-state index contributed by atoms with van der Waals surface area (Å²) >= 11 is 0. The minimum Gasteiger partial charge on any atom is -0.497 e. The normalized spacial score (nSPS) is 14.1. The van der Waals surface area contributed by atoms with E-state index in [1.165, 1.54) is 4.90 Å². The number of carbonyl (C=O) groups is 2. The molecule has 0 radical (unpaired) electrons. The predicted octanol–water partition coefficient (Wildman–Crippen LogP) is 3.92. The first kappa shape index (κ1) is 20.5. The van der Waals surface area contributed by atoms with Crippen molar-refractivity contribution in [2.45, 2.75) is 33.7 Å². The number of carbonyl (C=O) groups excluding carboxylic acids is 2. The summed E-state index contributed by atoms with van der Waals surface area (Å²) < 4.78 is 10.7. The lowest BCUT2D eigenvalue weighted by Crippen LogP contribution is -2.38. The number of imide groups is 1. The van der Waals surface area contributed by atoms with Gasteiger partial charge in [0, 0.05) is 12.1 Å². The van der Waals surface area contributed by atoms with E-state index in [1.54, 1.807) is 32.4 Å². The Labute approximate surface area is 171 Å². The van der Waals surface area contributed by atoms with E-state index in [9.17, 15) is 9.59 Å². The molecule has 0 bridgehead atoms. The van der Waals surface area contributed by atoms with Gasteiger partial charge in [0.15, 0.2) is 0 Å². The molecule has 1 aliphatic rings. The molecular formula is C23H26N2O4. The van der Waals surface area contributed by atoms with Gasteiger partial charge in [-0.2, -0.15) is 0 Å². The van der Waals surface area contributed by atoms with Gasteiger partial charge in [-0.25, -0.2) is 0 Å². The van der Waals surface area contributed by atoms with E-state index in [2.05, 4.69) is 5.32 Å². The second-order valence-electron chi connectivity index (χ2n) is 7.33. The lowest BCUT2D eigenvalue weighted by Gasteiger charge is -2.19. The molecule has 0 aliphatic carbocycles. The molecule has 0 unspecified atom stereocenters. The summed E-state index contributed by atoms with van der Waals surface area (Å²) in [5.74, 6) is 0.493. The van der Waals surface area contributed by atoms with Gasteiger partial charge in [-0.05, 0) is 51.0 Å². The average molecular weight is 394 g/mol. The van der Waals surface area contributed by atoms with Gasteiger partial charge in [0.2, 0.25) is 0 Å². The van der Waals surface area contributed by atoms with Crippen LogP contribution >= 0.6 is 0 Å². The van der Waals surface area contributed by atoms with Crippen LogP contribution in [0.4, 0.5) is 5.69 Å². The highest BCUT2D eigenvalue weighted by Crippen LogP contribution is 2.36. The summed E-state index contributed by atoms with van der Waals surface area (Å²) in [6, 6.07) is 10.8. The third-order valence-electron chi connectivity index (χ3n) is 4.95. The van der Waals surface area contributed by atoms with Crippen LogP contribution in [0.1, 0.15) is 30.5 Å². The van der Waals surface area contributed by atoms with Gasteiger partial charge < -0.3 is 14.8 Å². The first-order chi connectivity index (χ1) is 13.8. The molecule has 3 rings (SSSR count). The van der Waals surface area contributed by atoms with Gasteiger partial charge >= 0.3 is 0 Å². The maximum Gasteiger partial charge on any atom is 0.278 e. The van der Waals surface area contributed by atoms with E-state index >= 15 is 0 Å². The standard InChI is InChI=1S/C23H26N2O4/c1-13(2)25-22(26)20(17-9-7-14(3)11-15(17)4)21(23(25)27)24-18-12-16(28-5)8-10-19(18)29-6/h7-13,24H,1-6H3. The number of anilines is 1. The molecule has 2 aromatic carbocycles. The topological polar surface area (TPSA) is 67.9 Å². The predicted molar refractivity (Wildman–Crippen MR) is 113 cm³/mol. The van der Waals surface area contributed by atoms with Crippen molar-refractivity contribution in [1.29, 1.82) is 0 Å². The fourth-order valence-electron chi connectivity index (χ4n) is 3.52. The van der Waals surface area contributed by atoms with Gasteiger partial charge in [0.1, 0.15) is 17.2 Å². The minimum atomic E-state index is -0.357. The third-order valence-corrected chi connectivity index (χ3v) is 4.95. The smallest absolute Gasteiger partial charge is 0.278 e. The second kappa shape index (κ2) is 7.99. The Bertz CT molecular complexity index is 1010. The quantitative estimate of drug-likeness (QED) is 0.752. The number of aryl methyl sites for hydroxylation is 2. The maximum atomic E-state index is 13.2. The SMILES string of the molecule is COc1ccc(OC)c(NC2=C(c3ccc(C)cc3C)C(=O)N(C(C)C)C2=O)c1. The number of methoxy groups -OCH3 is 2. The molecule has 152 valence electrons. The molecule has 0 saturated heterocycles. The van der Waals surface area contributed by atoms with E-state index in [0.717, 1.165) is 16.7 Å². The average Bonchev–Trinajstić information content (AvgIpc) is 2.92. The number of nitrogens with zero attached hydrogens (tertiary/aromatic N) is 1. The zero-order chi connectivity index (χ0) is 21.3. The number of amides is 2. The van der Waals surface area contributed by atoms with Crippen molar-refractivity contribution in [3.05, 3.63) is 58.8 Å². The fourth-order valence-corrected chi connectivity index (χ4v) is 3.52. The second-order valence-corrected chi connectivity index (χ2v) is 7.33. The third kappa shape index (κ3) is 3.70. The monoisotopic (exact) mass is 394 g/mol. The van der Waals surface area contributed by atoms with Gasteiger partial charge in [0.05, 0.1) is 25.5 Å². The van der Waals surface area contributed by atoms with Crippen molar-refractivity contribution in [3.63, 3.8) is 0 Å². The fraction of sp³-hybridized carbons (Fsp3) is 0.304. The Morgan fingerprint density at radius 2 is 1.66 bits per heavy atom. The van der Waals surface area contributed by atoms with Crippen molar-refractivity contribution in [1.82, 2.24) is 4.90 Å². The first-order valence-electron chi connectivity index (χ1n) is 9.47. The summed E-state index contributed by atoms with van der Waals surface area (Å²) in [4.78, 5) is 27.7. The summed E-state index contributed by atoms with van der Waals surface area (Å²) in [5, 5.41) is 3.15. The van der Waals surface area contributed by atoms with Crippen LogP contribution in [0.5, 0.6) is 11.5 Å². The Kier molecular flexibility index (Phi) is 5.64. The van der Waals surface area contributed by atoms with E-state index in [-0.39, 0.29) is 23.6 Å². The summed E-state index contributed by atoms with van der Waals surface area (Å²) in [5.41, 5.74) is 3.92. The Balaban J connectivity index is 2.19. The van der Waals surface area contributed by atoms with Gasteiger partial charge in [0.25, 0.3) is 11.8 Å². The molecule has 6 nitrogen and oxygen atoms in total. The molecular weight excluding hydrogens is 368 g/mol. The highest BCUT2D eigenvalue weighted by Gasteiger charge is 2.41. The van der Waals surface area contributed by atoms with Crippen molar-refractivity contribution in [2.75, 3.05) is 19.5 Å². The zero-order valence-electron chi connectivity index (χ0n) is 17.6. The summed E-state index contributed by atoms with van der Waals surface area (Å²) in [7, 11) is 3.12. The molecule has 2 amide bonds. The lowest BCUT2D eigenvalue weighted by atomic mass is 9.97. The van der Waals surface area contributed by atoms with E-state index < -0.39 is 0 Å². The highest BCUT2D eigenvalue weighted by atomic mass is 16.5. The Morgan fingerprint density at radius 3 is 2.24 bits per heavy atom.